The molecule has 0 N–H and O–H groups in total. The summed E-state index contributed by atoms with van der Waals surface area (Å²) in [5.74, 6) is 0. The molecule has 3 nitrogen and oxygen atoms in total. The van der Waals surface area contributed by atoms with Crippen LogP contribution in [0.5, 0.6) is 0 Å². The molecule has 0 amide bonds. The zero-order valence-corrected chi connectivity index (χ0v) is 7.08. The van der Waals surface area contributed by atoms with Crippen LogP contribution in [-0.2, 0) is 10.0 Å². The maximum atomic E-state index is 10.8. The molecule has 0 fully saturated rings. The standard InChI is InChI=1S/C4H3ClNO2S2/c5-6-10(7,8)4-2-1-3-9-4/h1-3H. The van der Waals surface area contributed by atoms with Gasteiger partial charge >= 0.3 is 0 Å². The minimum absolute atomic E-state index is 0.169. The summed E-state index contributed by atoms with van der Waals surface area (Å²) in [7, 11) is -3.55. The summed E-state index contributed by atoms with van der Waals surface area (Å²) in [6, 6.07) is 3.07. The molecule has 0 aliphatic heterocycles. The van der Waals surface area contributed by atoms with Crippen molar-refractivity contribution in [2.45, 2.75) is 4.21 Å². The van der Waals surface area contributed by atoms with E-state index < -0.39 is 10.0 Å². The summed E-state index contributed by atoms with van der Waals surface area (Å²) >= 11 is 5.92. The quantitative estimate of drug-likeness (QED) is 0.714. The van der Waals surface area contributed by atoms with Crippen molar-refractivity contribution >= 4 is 33.1 Å². The predicted molar refractivity (Wildman–Crippen MR) is 39.5 cm³/mol. The van der Waals surface area contributed by atoms with Crippen LogP contribution in [0.3, 0.4) is 0 Å². The fourth-order valence-electron chi connectivity index (χ4n) is 0.444. The lowest BCUT2D eigenvalue weighted by atomic mass is 10.7. The predicted octanol–water partition coefficient (Wildman–Crippen LogP) is 1.20. The lowest BCUT2D eigenvalue weighted by Gasteiger charge is -1.89. The van der Waals surface area contributed by atoms with E-state index >= 15 is 0 Å². The monoisotopic (exact) mass is 196 g/mol. The van der Waals surface area contributed by atoms with E-state index in [4.69, 9.17) is 11.8 Å². The van der Waals surface area contributed by atoms with Crippen molar-refractivity contribution in [3.63, 3.8) is 0 Å². The minimum atomic E-state index is -3.55. The molecule has 0 unspecified atom stereocenters. The van der Waals surface area contributed by atoms with Crippen LogP contribution in [0.4, 0.5) is 0 Å². The molecule has 1 aromatic heterocycles. The number of halogens is 1. The Balaban J connectivity index is 3.09. The second-order valence-electron chi connectivity index (χ2n) is 1.48. The first kappa shape index (κ1) is 8.00. The maximum absolute atomic E-state index is 10.8. The number of rotatable bonds is 2. The number of hydrogen-bond acceptors (Lipinski definition) is 3. The zero-order valence-electron chi connectivity index (χ0n) is 4.69. The Hall–Kier alpha value is -0.100. The number of thiophene rings is 1. The van der Waals surface area contributed by atoms with E-state index in [9.17, 15) is 8.42 Å². The van der Waals surface area contributed by atoms with Gasteiger partial charge in [0.2, 0.25) is 0 Å². The molecular weight excluding hydrogens is 194 g/mol. The van der Waals surface area contributed by atoms with Crippen LogP contribution in [0.2, 0.25) is 0 Å². The fourth-order valence-corrected chi connectivity index (χ4v) is 2.32. The molecule has 0 saturated heterocycles. The second kappa shape index (κ2) is 2.87. The Labute approximate surface area is 67.8 Å². The molecule has 0 saturated carbocycles. The summed E-state index contributed by atoms with van der Waals surface area (Å²) in [6.07, 6.45) is 0. The summed E-state index contributed by atoms with van der Waals surface area (Å²) in [5, 5.41) is 1.65. The normalized spacial score (nSPS) is 11.7. The molecule has 0 aromatic carbocycles. The maximum Gasteiger partial charge on any atom is 0.281 e. The summed E-state index contributed by atoms with van der Waals surface area (Å²) in [6.45, 7) is 0. The summed E-state index contributed by atoms with van der Waals surface area (Å²) < 4.78 is 24.4. The van der Waals surface area contributed by atoms with Crippen LogP contribution in [-0.4, -0.2) is 8.42 Å². The van der Waals surface area contributed by atoms with Gasteiger partial charge in [-0.1, -0.05) is 6.07 Å². The highest BCUT2D eigenvalue weighted by atomic mass is 35.5. The lowest BCUT2D eigenvalue weighted by molar-refractivity contribution is 0.595. The van der Waals surface area contributed by atoms with E-state index in [1.54, 1.807) is 11.4 Å². The van der Waals surface area contributed by atoms with Gasteiger partial charge in [0.05, 0.1) is 0 Å². The minimum Gasteiger partial charge on any atom is -0.203 e. The molecular formula is C4H3ClNO2S2. The number of nitrogens with zero attached hydrogens (tertiary/aromatic N) is 1. The van der Waals surface area contributed by atoms with Crippen LogP contribution in [0.15, 0.2) is 21.7 Å². The first-order valence-corrected chi connectivity index (χ1v) is 4.94. The van der Waals surface area contributed by atoms with Crippen LogP contribution >= 0.6 is 23.1 Å². The van der Waals surface area contributed by atoms with E-state index in [1.165, 1.54) is 6.07 Å². The van der Waals surface area contributed by atoms with Gasteiger partial charge in [-0.25, -0.2) is 8.42 Å². The average Bonchev–Trinajstić information content (AvgIpc) is 2.38. The van der Waals surface area contributed by atoms with Crippen molar-refractivity contribution < 1.29 is 8.42 Å². The van der Waals surface area contributed by atoms with Crippen molar-refractivity contribution in [3.8, 4) is 0 Å². The molecule has 0 atom stereocenters. The fraction of sp³-hybridized carbons (Fsp3) is 0. The van der Waals surface area contributed by atoms with E-state index in [2.05, 4.69) is 4.24 Å². The second-order valence-corrected chi connectivity index (χ2v) is 4.62. The first-order valence-electron chi connectivity index (χ1n) is 2.28. The molecule has 6 heteroatoms. The van der Waals surface area contributed by atoms with Gasteiger partial charge in [0.15, 0.2) is 0 Å². The van der Waals surface area contributed by atoms with Gasteiger partial charge in [0, 0.05) is 11.8 Å². The molecule has 0 aliphatic carbocycles. The molecule has 0 spiro atoms. The van der Waals surface area contributed by atoms with Crippen molar-refractivity contribution in [3.05, 3.63) is 17.5 Å². The van der Waals surface area contributed by atoms with Crippen LogP contribution < -0.4 is 4.24 Å². The Kier molecular flexibility index (Phi) is 2.30. The van der Waals surface area contributed by atoms with Crippen molar-refractivity contribution in [2.75, 3.05) is 0 Å². The van der Waals surface area contributed by atoms with Crippen LogP contribution in [0.25, 0.3) is 0 Å². The molecule has 1 rings (SSSR count). The first-order chi connectivity index (χ1) is 4.67. The third-order valence-corrected chi connectivity index (χ3v) is 3.79. The summed E-state index contributed by atoms with van der Waals surface area (Å²) in [4.78, 5) is 0. The molecule has 55 valence electrons. The zero-order chi connectivity index (χ0) is 7.61. The van der Waals surface area contributed by atoms with E-state index in [0.717, 1.165) is 11.3 Å². The van der Waals surface area contributed by atoms with Gasteiger partial charge in [-0.2, -0.15) is 0 Å². The van der Waals surface area contributed by atoms with Crippen molar-refractivity contribution in [2.24, 2.45) is 0 Å². The highest BCUT2D eigenvalue weighted by Crippen LogP contribution is 2.16. The smallest absolute Gasteiger partial charge is 0.203 e. The van der Waals surface area contributed by atoms with E-state index in [0.29, 0.717) is 0 Å². The van der Waals surface area contributed by atoms with Crippen molar-refractivity contribution in [1.29, 1.82) is 0 Å². The number of sulfonamides is 1. The third kappa shape index (κ3) is 1.49. The highest BCUT2D eigenvalue weighted by molar-refractivity contribution is 7.92. The van der Waals surface area contributed by atoms with Gasteiger partial charge in [0.1, 0.15) is 4.21 Å². The van der Waals surface area contributed by atoms with E-state index in [-0.39, 0.29) is 4.21 Å². The molecule has 10 heavy (non-hydrogen) atoms. The van der Waals surface area contributed by atoms with Crippen molar-refractivity contribution in [1.82, 2.24) is 4.24 Å². The molecule has 0 aliphatic rings. The van der Waals surface area contributed by atoms with Gasteiger partial charge in [0.25, 0.3) is 10.0 Å². The molecule has 1 heterocycles. The Morgan fingerprint density at radius 2 is 2.30 bits per heavy atom. The average molecular weight is 197 g/mol. The Bertz CT molecular complexity index is 291. The van der Waals surface area contributed by atoms with Gasteiger partial charge in [-0.3, -0.25) is 0 Å². The van der Waals surface area contributed by atoms with Crippen LogP contribution in [0, 0.1) is 0 Å². The Morgan fingerprint density at radius 3 is 2.70 bits per heavy atom. The topological polar surface area (TPSA) is 48.2 Å². The molecule has 1 aromatic rings. The SMILES string of the molecule is O=S(=O)([N]Cl)c1cccs1. The largest absolute Gasteiger partial charge is 0.281 e. The van der Waals surface area contributed by atoms with Gasteiger partial charge in [-0.05, 0) is 15.7 Å². The Morgan fingerprint density at radius 1 is 1.60 bits per heavy atom. The molecule has 0 bridgehead atoms. The van der Waals surface area contributed by atoms with Gasteiger partial charge in [-0.15, -0.1) is 11.3 Å². The van der Waals surface area contributed by atoms with Crippen LogP contribution in [0.1, 0.15) is 0 Å². The number of hydrogen-bond donors (Lipinski definition) is 0. The highest BCUT2D eigenvalue weighted by Gasteiger charge is 2.14. The van der Waals surface area contributed by atoms with Gasteiger partial charge < -0.3 is 0 Å². The lowest BCUT2D eigenvalue weighted by Crippen LogP contribution is -2.04. The summed E-state index contributed by atoms with van der Waals surface area (Å²) in [5.41, 5.74) is 0. The third-order valence-electron chi connectivity index (χ3n) is 0.840. The molecule has 1 radical (unpaired) electrons. The van der Waals surface area contributed by atoms with E-state index in [1.807, 2.05) is 0 Å².